The van der Waals surface area contributed by atoms with E-state index in [-0.39, 0.29) is 18.2 Å². The van der Waals surface area contributed by atoms with Gasteiger partial charge in [0.05, 0.1) is 18.6 Å². The number of rotatable bonds is 6. The van der Waals surface area contributed by atoms with Crippen LogP contribution in [0.5, 0.6) is 0 Å². The molecule has 1 aromatic heterocycles. The Morgan fingerprint density at radius 1 is 1.26 bits per heavy atom. The van der Waals surface area contributed by atoms with Crippen LogP contribution in [0, 0.1) is 5.92 Å². The van der Waals surface area contributed by atoms with E-state index in [1.807, 2.05) is 30.3 Å². The first-order valence-electron chi connectivity index (χ1n) is 10.6. The van der Waals surface area contributed by atoms with Crippen LogP contribution in [0.2, 0.25) is 0 Å². The molecule has 2 aliphatic rings. The number of thiophene rings is 1. The summed E-state index contributed by atoms with van der Waals surface area (Å²) in [5.74, 6) is -1.19. The summed E-state index contributed by atoms with van der Waals surface area (Å²) in [7, 11) is 1.36. The lowest BCUT2D eigenvalue weighted by molar-refractivity contribution is -0.122. The van der Waals surface area contributed by atoms with Crippen LogP contribution in [0.25, 0.3) is 0 Å². The first-order chi connectivity index (χ1) is 15.0. The Morgan fingerprint density at radius 2 is 2.03 bits per heavy atom. The maximum absolute atomic E-state index is 13.0. The normalized spacial score (nSPS) is 18.7. The molecule has 4 rings (SSSR count). The van der Waals surface area contributed by atoms with Crippen molar-refractivity contribution in [3.63, 3.8) is 0 Å². The van der Waals surface area contributed by atoms with Gasteiger partial charge in [-0.2, -0.15) is 0 Å². The number of ether oxygens (including phenoxy) is 1. The Balaban J connectivity index is 1.53. The molecule has 31 heavy (non-hydrogen) atoms. The van der Waals surface area contributed by atoms with Crippen LogP contribution in [-0.4, -0.2) is 49.4 Å². The lowest BCUT2D eigenvalue weighted by Crippen LogP contribution is -2.31. The highest BCUT2D eigenvalue weighted by Crippen LogP contribution is 2.38. The van der Waals surface area contributed by atoms with Crippen molar-refractivity contribution < 1.29 is 19.1 Å². The molecule has 0 aliphatic carbocycles. The molecule has 1 fully saturated rings. The summed E-state index contributed by atoms with van der Waals surface area (Å²) in [5.41, 5.74) is 2.24. The molecule has 164 valence electrons. The number of nitrogens with one attached hydrogen (secondary N) is 1. The Hall–Kier alpha value is -2.71. The Morgan fingerprint density at radius 3 is 2.74 bits per heavy atom. The number of anilines is 2. The van der Waals surface area contributed by atoms with Crippen LogP contribution in [0.3, 0.4) is 0 Å². The van der Waals surface area contributed by atoms with Crippen LogP contribution in [-0.2, 0) is 27.3 Å². The second-order valence-electron chi connectivity index (χ2n) is 7.96. The minimum absolute atomic E-state index is 0.0692. The van der Waals surface area contributed by atoms with Crippen molar-refractivity contribution in [2.75, 3.05) is 37.0 Å². The largest absolute Gasteiger partial charge is 0.465 e. The lowest BCUT2D eigenvalue weighted by Gasteiger charge is -2.26. The fourth-order valence-corrected chi connectivity index (χ4v) is 5.61. The molecule has 2 amide bonds. The van der Waals surface area contributed by atoms with Crippen molar-refractivity contribution in [3.8, 4) is 0 Å². The Bertz CT molecular complexity index is 988. The van der Waals surface area contributed by atoms with Crippen LogP contribution in [0.4, 0.5) is 10.7 Å². The number of amides is 2. The SMILES string of the molecule is CCCN1CCc2c(sc(NC(=O)C3CC(=O)N(c4ccccc4)C3)c2C(=O)OC)C1. The second kappa shape index (κ2) is 9.20. The van der Waals surface area contributed by atoms with E-state index >= 15 is 0 Å². The fraction of sp³-hybridized carbons (Fsp3) is 0.435. The number of carbonyl (C=O) groups excluding carboxylic acids is 3. The first kappa shape index (κ1) is 21.5. The zero-order chi connectivity index (χ0) is 22.0. The highest BCUT2D eigenvalue weighted by atomic mass is 32.1. The molecule has 2 aliphatic heterocycles. The number of carbonyl (C=O) groups is 3. The lowest BCUT2D eigenvalue weighted by atomic mass is 10.0. The van der Waals surface area contributed by atoms with Gasteiger partial charge in [0.25, 0.3) is 0 Å². The maximum atomic E-state index is 13.0. The summed E-state index contributed by atoms with van der Waals surface area (Å²) < 4.78 is 5.02. The van der Waals surface area contributed by atoms with Crippen LogP contribution in [0.1, 0.15) is 40.6 Å². The summed E-state index contributed by atoms with van der Waals surface area (Å²) in [6, 6.07) is 9.36. The van der Waals surface area contributed by atoms with Crippen molar-refractivity contribution in [1.29, 1.82) is 0 Å². The molecule has 2 aromatic rings. The highest BCUT2D eigenvalue weighted by Gasteiger charge is 2.36. The van der Waals surface area contributed by atoms with E-state index in [1.165, 1.54) is 18.4 Å². The van der Waals surface area contributed by atoms with Gasteiger partial charge in [0.15, 0.2) is 0 Å². The molecule has 0 bridgehead atoms. The van der Waals surface area contributed by atoms with E-state index in [0.717, 1.165) is 48.6 Å². The third-order valence-corrected chi connectivity index (χ3v) is 7.00. The van der Waals surface area contributed by atoms with Gasteiger partial charge in [-0.1, -0.05) is 25.1 Å². The van der Waals surface area contributed by atoms with Gasteiger partial charge in [0.1, 0.15) is 5.00 Å². The molecular weight excluding hydrogens is 414 g/mol. The molecule has 0 radical (unpaired) electrons. The van der Waals surface area contributed by atoms with E-state index in [0.29, 0.717) is 17.1 Å². The van der Waals surface area contributed by atoms with Crippen LogP contribution < -0.4 is 10.2 Å². The highest BCUT2D eigenvalue weighted by molar-refractivity contribution is 7.17. The molecule has 7 nitrogen and oxygen atoms in total. The van der Waals surface area contributed by atoms with Gasteiger partial charge < -0.3 is 15.0 Å². The summed E-state index contributed by atoms with van der Waals surface area (Å²) in [4.78, 5) is 43.2. The molecule has 3 heterocycles. The average Bonchev–Trinajstić information content (AvgIpc) is 3.34. The monoisotopic (exact) mass is 441 g/mol. The van der Waals surface area contributed by atoms with Gasteiger partial charge in [-0.3, -0.25) is 14.5 Å². The quantitative estimate of drug-likeness (QED) is 0.696. The van der Waals surface area contributed by atoms with Crippen molar-refractivity contribution in [2.24, 2.45) is 5.92 Å². The van der Waals surface area contributed by atoms with Crippen molar-refractivity contribution in [3.05, 3.63) is 46.3 Å². The number of esters is 1. The molecule has 0 saturated carbocycles. The number of hydrogen-bond donors (Lipinski definition) is 1. The Labute approximate surface area is 186 Å². The first-order valence-corrected chi connectivity index (χ1v) is 11.4. The molecule has 1 atom stereocenters. The summed E-state index contributed by atoms with van der Waals surface area (Å²) >= 11 is 1.45. The maximum Gasteiger partial charge on any atom is 0.341 e. The van der Waals surface area contributed by atoms with E-state index < -0.39 is 11.9 Å². The predicted molar refractivity (Wildman–Crippen MR) is 120 cm³/mol. The van der Waals surface area contributed by atoms with E-state index in [9.17, 15) is 14.4 Å². The van der Waals surface area contributed by atoms with Gasteiger partial charge in [-0.25, -0.2) is 4.79 Å². The fourth-order valence-electron chi connectivity index (χ4n) is 4.32. The summed E-state index contributed by atoms with van der Waals surface area (Å²) in [5, 5.41) is 3.48. The minimum atomic E-state index is -0.464. The topological polar surface area (TPSA) is 79.0 Å². The van der Waals surface area contributed by atoms with E-state index in [4.69, 9.17) is 4.74 Å². The molecule has 1 aromatic carbocycles. The smallest absolute Gasteiger partial charge is 0.341 e. The average molecular weight is 442 g/mol. The Kier molecular flexibility index (Phi) is 6.38. The number of benzene rings is 1. The number of methoxy groups -OCH3 is 1. The third kappa shape index (κ3) is 4.36. The van der Waals surface area contributed by atoms with Gasteiger partial charge in [-0.05, 0) is 37.1 Å². The van der Waals surface area contributed by atoms with Crippen molar-refractivity contribution in [1.82, 2.24) is 4.90 Å². The second-order valence-corrected chi connectivity index (χ2v) is 9.06. The van der Waals surface area contributed by atoms with Gasteiger partial charge in [0, 0.05) is 36.6 Å². The number of para-hydroxylation sites is 1. The number of fused-ring (bicyclic) bond motifs is 1. The van der Waals surface area contributed by atoms with Gasteiger partial charge in [0.2, 0.25) is 11.8 Å². The van der Waals surface area contributed by atoms with Crippen LogP contribution in [0.15, 0.2) is 30.3 Å². The predicted octanol–water partition coefficient (Wildman–Crippen LogP) is 3.29. The summed E-state index contributed by atoms with van der Waals surface area (Å²) in [6.45, 7) is 5.15. The van der Waals surface area contributed by atoms with Crippen molar-refractivity contribution in [2.45, 2.75) is 32.7 Å². The molecule has 1 saturated heterocycles. The molecule has 1 unspecified atom stereocenters. The molecule has 0 spiro atoms. The third-order valence-electron chi connectivity index (χ3n) is 5.87. The van der Waals surface area contributed by atoms with Crippen LogP contribution >= 0.6 is 11.3 Å². The zero-order valence-electron chi connectivity index (χ0n) is 17.8. The van der Waals surface area contributed by atoms with Crippen molar-refractivity contribution >= 4 is 39.8 Å². The zero-order valence-corrected chi connectivity index (χ0v) is 18.7. The van der Waals surface area contributed by atoms with E-state index in [2.05, 4.69) is 17.1 Å². The van der Waals surface area contributed by atoms with Gasteiger partial charge in [-0.15, -0.1) is 11.3 Å². The molecular formula is C23H27N3O4S. The standard InChI is InChI=1S/C23H27N3O4S/c1-3-10-25-11-9-17-18(14-25)31-22(20(17)23(29)30-2)24-21(28)15-12-19(27)26(13-15)16-7-5-4-6-8-16/h4-8,15H,3,9-14H2,1-2H3,(H,24,28). The number of hydrogen-bond acceptors (Lipinski definition) is 6. The molecule has 1 N–H and O–H groups in total. The summed E-state index contributed by atoms with van der Waals surface area (Å²) in [6.07, 6.45) is 1.99. The van der Waals surface area contributed by atoms with Gasteiger partial charge >= 0.3 is 5.97 Å². The van der Waals surface area contributed by atoms with E-state index in [1.54, 1.807) is 4.90 Å². The molecule has 8 heteroatoms. The number of nitrogens with zero attached hydrogens (tertiary/aromatic N) is 2. The minimum Gasteiger partial charge on any atom is -0.465 e.